The Morgan fingerprint density at radius 2 is 2.24 bits per heavy atom. The Morgan fingerprint density at radius 1 is 1.65 bits per heavy atom. The van der Waals surface area contributed by atoms with E-state index in [4.69, 9.17) is 10.4 Å². The maximum Gasteiger partial charge on any atom is 0.364 e. The quantitative estimate of drug-likeness (QED) is 0.634. The van der Waals surface area contributed by atoms with Gasteiger partial charge in [-0.3, -0.25) is 0 Å². The number of rotatable bonds is 3. The molecule has 0 aliphatic heterocycles. The van der Waals surface area contributed by atoms with Crippen molar-refractivity contribution >= 4 is 11.8 Å². The monoisotopic (exact) mass is 243 g/mol. The van der Waals surface area contributed by atoms with Crippen molar-refractivity contribution in [1.82, 2.24) is 4.98 Å². The number of aromatic nitrogens is 1. The van der Waals surface area contributed by atoms with Crippen molar-refractivity contribution in [3.63, 3.8) is 0 Å². The van der Waals surface area contributed by atoms with Gasteiger partial charge in [0.1, 0.15) is 11.6 Å². The molecule has 0 unspecified atom stereocenters. The Balaban J connectivity index is 3.64. The molecule has 0 radical (unpaired) electrons. The molecule has 1 aromatic heterocycles. The fraction of sp³-hybridized carbons (Fsp3) is 0.125. The van der Waals surface area contributed by atoms with Crippen molar-refractivity contribution in [2.45, 2.75) is 6.43 Å². The summed E-state index contributed by atoms with van der Waals surface area (Å²) in [5.41, 5.74) is -2.96. The van der Waals surface area contributed by atoms with Crippen molar-refractivity contribution in [3.8, 4) is 6.07 Å². The number of nitrogens with zero attached hydrogens (tertiary/aromatic N) is 3. The number of carboxylic acid groups (broad SMARTS) is 1. The van der Waals surface area contributed by atoms with Gasteiger partial charge in [-0.2, -0.15) is 5.26 Å². The molecule has 0 aliphatic carbocycles. The third-order valence-electron chi connectivity index (χ3n) is 1.77. The number of nitriles is 1. The highest BCUT2D eigenvalue weighted by molar-refractivity contribution is 5.91. The molecular formula is C8H3F2N3O4. The van der Waals surface area contributed by atoms with Gasteiger partial charge in [0.15, 0.2) is 0 Å². The Morgan fingerprint density at radius 3 is 2.59 bits per heavy atom. The van der Waals surface area contributed by atoms with Crippen LogP contribution in [0.2, 0.25) is 0 Å². The number of alkyl halides is 2. The molecule has 0 bridgehead atoms. The molecule has 17 heavy (non-hydrogen) atoms. The van der Waals surface area contributed by atoms with Gasteiger partial charge in [0.25, 0.3) is 0 Å². The molecule has 1 aromatic rings. The SMILES string of the molecule is N#Cc1c(C(=O)O)cc([N+](=O)[O-])nc1C(F)F. The van der Waals surface area contributed by atoms with Gasteiger partial charge in [-0.25, -0.2) is 13.6 Å². The lowest BCUT2D eigenvalue weighted by molar-refractivity contribution is -0.389. The average Bonchev–Trinajstić information content (AvgIpc) is 2.26. The lowest BCUT2D eigenvalue weighted by atomic mass is 10.1. The van der Waals surface area contributed by atoms with Crippen LogP contribution in [0, 0.1) is 21.4 Å². The van der Waals surface area contributed by atoms with Crippen molar-refractivity contribution in [2.24, 2.45) is 0 Å². The number of carboxylic acids is 1. The van der Waals surface area contributed by atoms with Crippen LogP contribution >= 0.6 is 0 Å². The minimum absolute atomic E-state index is 0.465. The third-order valence-corrected chi connectivity index (χ3v) is 1.77. The van der Waals surface area contributed by atoms with Crippen LogP contribution in [0.25, 0.3) is 0 Å². The first-order valence-corrected chi connectivity index (χ1v) is 3.99. The number of aromatic carboxylic acids is 1. The molecule has 0 saturated heterocycles. The van der Waals surface area contributed by atoms with Gasteiger partial charge < -0.3 is 15.2 Å². The van der Waals surface area contributed by atoms with Crippen molar-refractivity contribution in [2.75, 3.05) is 0 Å². The number of carbonyl (C=O) groups is 1. The highest BCUT2D eigenvalue weighted by atomic mass is 19.3. The molecule has 1 rings (SSSR count). The number of nitro groups is 1. The van der Waals surface area contributed by atoms with Crippen molar-refractivity contribution < 1.29 is 23.6 Å². The van der Waals surface area contributed by atoms with E-state index >= 15 is 0 Å². The highest BCUT2D eigenvalue weighted by Crippen LogP contribution is 2.26. The summed E-state index contributed by atoms with van der Waals surface area (Å²) >= 11 is 0. The molecule has 0 aromatic carbocycles. The van der Waals surface area contributed by atoms with Gasteiger partial charge in [-0.15, -0.1) is 0 Å². The van der Waals surface area contributed by atoms with Gasteiger partial charge in [0.05, 0.1) is 11.6 Å². The summed E-state index contributed by atoms with van der Waals surface area (Å²) in [6, 6.07) is 1.71. The normalized spacial score (nSPS) is 10.0. The molecule has 0 saturated carbocycles. The summed E-state index contributed by atoms with van der Waals surface area (Å²) in [4.78, 5) is 22.9. The fourth-order valence-electron chi connectivity index (χ4n) is 1.09. The van der Waals surface area contributed by atoms with Crippen molar-refractivity contribution in [1.29, 1.82) is 5.26 Å². The van der Waals surface area contributed by atoms with E-state index in [1.807, 2.05) is 0 Å². The Kier molecular flexibility index (Phi) is 3.28. The second kappa shape index (κ2) is 4.48. The van der Waals surface area contributed by atoms with Crippen LogP contribution in [0.4, 0.5) is 14.6 Å². The fourth-order valence-corrected chi connectivity index (χ4v) is 1.09. The number of hydrogen-bond donors (Lipinski definition) is 1. The zero-order valence-electron chi connectivity index (χ0n) is 7.92. The zero-order chi connectivity index (χ0) is 13.2. The van der Waals surface area contributed by atoms with E-state index < -0.39 is 40.0 Å². The molecular weight excluding hydrogens is 240 g/mol. The van der Waals surface area contributed by atoms with E-state index in [1.165, 1.54) is 6.07 Å². The van der Waals surface area contributed by atoms with Gasteiger partial charge >= 0.3 is 18.2 Å². The van der Waals surface area contributed by atoms with Crippen LogP contribution in [0.15, 0.2) is 6.07 Å². The summed E-state index contributed by atoms with van der Waals surface area (Å²) < 4.78 is 24.9. The van der Waals surface area contributed by atoms with Gasteiger partial charge in [0, 0.05) is 0 Å². The summed E-state index contributed by atoms with van der Waals surface area (Å²) in [7, 11) is 0. The van der Waals surface area contributed by atoms with E-state index in [0.717, 1.165) is 0 Å². The van der Waals surface area contributed by atoms with Crippen LogP contribution in [-0.4, -0.2) is 21.0 Å². The standard InChI is InChI=1S/C8H3F2N3O4/c9-7(10)6-4(2-11)3(8(14)15)1-5(12-6)13(16)17/h1,7H,(H,14,15). The van der Waals surface area contributed by atoms with E-state index in [2.05, 4.69) is 4.98 Å². The molecule has 0 spiro atoms. The van der Waals surface area contributed by atoms with Crippen LogP contribution < -0.4 is 0 Å². The third kappa shape index (κ3) is 2.31. The Hall–Kier alpha value is -2.63. The van der Waals surface area contributed by atoms with E-state index in [9.17, 15) is 23.7 Å². The van der Waals surface area contributed by atoms with Gasteiger partial charge in [-0.05, 0) is 9.91 Å². The molecule has 0 aliphatic rings. The van der Waals surface area contributed by atoms with Crippen LogP contribution in [0.3, 0.4) is 0 Å². The van der Waals surface area contributed by atoms with Crippen molar-refractivity contribution in [3.05, 3.63) is 33.0 Å². The van der Waals surface area contributed by atoms with E-state index in [0.29, 0.717) is 6.07 Å². The molecule has 0 atom stereocenters. The maximum atomic E-state index is 12.5. The predicted octanol–water partition coefficient (Wildman–Crippen LogP) is 1.50. The average molecular weight is 243 g/mol. The minimum Gasteiger partial charge on any atom is -0.478 e. The largest absolute Gasteiger partial charge is 0.478 e. The topological polar surface area (TPSA) is 117 Å². The molecule has 1 heterocycles. The Bertz CT molecular complexity index is 538. The zero-order valence-corrected chi connectivity index (χ0v) is 7.92. The second-order valence-electron chi connectivity index (χ2n) is 2.76. The summed E-state index contributed by atoms with van der Waals surface area (Å²) in [6.07, 6.45) is -3.28. The van der Waals surface area contributed by atoms with Crippen LogP contribution in [-0.2, 0) is 0 Å². The summed E-state index contributed by atoms with van der Waals surface area (Å²) in [6.45, 7) is 0. The maximum absolute atomic E-state index is 12.5. The molecule has 0 amide bonds. The van der Waals surface area contributed by atoms with Crippen LogP contribution in [0.5, 0.6) is 0 Å². The predicted molar refractivity (Wildman–Crippen MR) is 47.5 cm³/mol. The smallest absolute Gasteiger partial charge is 0.364 e. The number of halogens is 2. The molecule has 7 nitrogen and oxygen atoms in total. The van der Waals surface area contributed by atoms with E-state index in [1.54, 1.807) is 0 Å². The highest BCUT2D eigenvalue weighted by Gasteiger charge is 2.29. The van der Waals surface area contributed by atoms with E-state index in [-0.39, 0.29) is 0 Å². The second-order valence-corrected chi connectivity index (χ2v) is 2.76. The molecule has 88 valence electrons. The molecule has 9 heteroatoms. The van der Waals surface area contributed by atoms with Gasteiger partial charge in [-0.1, -0.05) is 0 Å². The summed E-state index contributed by atoms with van der Waals surface area (Å²) in [5, 5.41) is 27.6. The van der Waals surface area contributed by atoms with Crippen LogP contribution in [0.1, 0.15) is 28.0 Å². The lowest BCUT2D eigenvalue weighted by Crippen LogP contribution is -2.08. The first-order chi connectivity index (χ1) is 7.88. The Labute approximate surface area is 92.1 Å². The van der Waals surface area contributed by atoms with Gasteiger partial charge in [0.2, 0.25) is 5.69 Å². The first-order valence-electron chi connectivity index (χ1n) is 3.99. The first kappa shape index (κ1) is 12.4. The minimum atomic E-state index is -3.28. The molecule has 0 fully saturated rings. The summed E-state index contributed by atoms with van der Waals surface area (Å²) in [5.74, 6) is -2.76. The lowest BCUT2D eigenvalue weighted by Gasteiger charge is -2.02. The number of hydrogen-bond acceptors (Lipinski definition) is 5. The number of pyridine rings is 1. The molecule has 1 N–H and O–H groups in total.